The van der Waals surface area contributed by atoms with Crippen molar-refractivity contribution in [3.63, 3.8) is 0 Å². The topological polar surface area (TPSA) is 204 Å². The second kappa shape index (κ2) is 13.9. The number of carbonyl (C=O) groups is 3. The first-order chi connectivity index (χ1) is 18.6. The predicted octanol–water partition coefficient (Wildman–Crippen LogP) is 0.0967. The number of benzene rings is 2. The minimum atomic E-state index is -4.21. The largest absolute Gasteiger partial charge is 0.480 e. The van der Waals surface area contributed by atoms with Crippen LogP contribution in [0.2, 0.25) is 0 Å². The molecule has 13 heteroatoms. The van der Waals surface area contributed by atoms with Gasteiger partial charge in [0.1, 0.15) is 5.84 Å². The number of nitrogens with two attached hydrogens (primary N) is 1. The van der Waals surface area contributed by atoms with Crippen LogP contribution < -0.4 is 26.4 Å². The summed E-state index contributed by atoms with van der Waals surface area (Å²) in [6, 6.07) is 9.55. The minimum Gasteiger partial charge on any atom is -0.480 e. The van der Waals surface area contributed by atoms with E-state index in [1.54, 1.807) is 18.2 Å². The van der Waals surface area contributed by atoms with Gasteiger partial charge in [0.15, 0.2) is 5.78 Å². The summed E-state index contributed by atoms with van der Waals surface area (Å²) >= 11 is 0. The van der Waals surface area contributed by atoms with E-state index in [1.807, 2.05) is 12.1 Å². The van der Waals surface area contributed by atoms with E-state index in [4.69, 9.17) is 16.2 Å². The highest BCUT2D eigenvalue weighted by Crippen LogP contribution is 2.20. The van der Waals surface area contributed by atoms with Crippen LogP contribution in [0.4, 0.5) is 0 Å². The second-order valence-corrected chi connectivity index (χ2v) is 11.0. The fourth-order valence-corrected chi connectivity index (χ4v) is 5.61. The Kier molecular flexibility index (Phi) is 10.7. The number of hydrogen-bond donors (Lipinski definition) is 7. The number of hydrogen-bond acceptors (Lipinski definition) is 8. The van der Waals surface area contributed by atoms with Crippen LogP contribution >= 0.6 is 0 Å². The zero-order valence-corrected chi connectivity index (χ0v) is 22.2. The van der Waals surface area contributed by atoms with Gasteiger partial charge >= 0.3 is 5.97 Å². The molecule has 1 saturated heterocycles. The maximum atomic E-state index is 13.2. The zero-order valence-electron chi connectivity index (χ0n) is 21.4. The number of carbonyl (C=O) groups excluding carboxylic acids is 2. The van der Waals surface area contributed by atoms with Crippen molar-refractivity contribution in [3.05, 3.63) is 54.6 Å². The lowest BCUT2D eigenvalue weighted by Crippen LogP contribution is -2.54. The third-order valence-corrected chi connectivity index (χ3v) is 7.81. The van der Waals surface area contributed by atoms with Gasteiger partial charge in [-0.2, -0.15) is 4.72 Å². The zero-order chi connectivity index (χ0) is 28.4. The Morgan fingerprint density at radius 2 is 1.92 bits per heavy atom. The van der Waals surface area contributed by atoms with Crippen molar-refractivity contribution in [3.8, 4) is 0 Å². The van der Waals surface area contributed by atoms with Gasteiger partial charge in [0.25, 0.3) is 0 Å². The van der Waals surface area contributed by atoms with Crippen LogP contribution in [0.1, 0.15) is 19.3 Å². The number of amidine groups is 1. The van der Waals surface area contributed by atoms with Crippen LogP contribution in [0, 0.1) is 11.3 Å². The number of aliphatic carboxylic acids is 1. The average Bonchev–Trinajstić information content (AvgIpc) is 2.90. The van der Waals surface area contributed by atoms with E-state index in [1.165, 1.54) is 18.2 Å². The Balaban J connectivity index is 1.78. The Morgan fingerprint density at radius 3 is 2.59 bits per heavy atom. The fraction of sp³-hybridized carbons (Fsp3) is 0.385. The number of carboxylic acid groups (broad SMARTS) is 1. The number of piperidine rings is 1. The number of carboxylic acids is 1. The quantitative estimate of drug-likeness (QED) is 0.0726. The maximum Gasteiger partial charge on any atom is 0.317 e. The first-order valence-electron chi connectivity index (χ1n) is 12.5. The molecule has 0 aromatic heterocycles. The maximum absolute atomic E-state index is 13.2. The molecule has 0 aliphatic carbocycles. The lowest BCUT2D eigenvalue weighted by atomic mass is 9.90. The van der Waals surface area contributed by atoms with Gasteiger partial charge in [0, 0.05) is 13.1 Å². The summed E-state index contributed by atoms with van der Waals surface area (Å²) in [6.07, 6.45) is 3.54. The van der Waals surface area contributed by atoms with Crippen LogP contribution in [-0.2, 0) is 24.4 Å². The van der Waals surface area contributed by atoms with Crippen molar-refractivity contribution in [1.29, 1.82) is 5.41 Å². The molecule has 12 nitrogen and oxygen atoms in total. The minimum absolute atomic E-state index is 0.0511. The van der Waals surface area contributed by atoms with Crippen LogP contribution in [0.5, 0.6) is 0 Å². The molecule has 8 N–H and O–H groups in total. The van der Waals surface area contributed by atoms with E-state index in [9.17, 15) is 22.8 Å². The molecule has 1 fully saturated rings. The smallest absolute Gasteiger partial charge is 0.317 e. The number of amides is 1. The molecule has 2 aromatic carbocycles. The van der Waals surface area contributed by atoms with E-state index in [-0.39, 0.29) is 29.7 Å². The van der Waals surface area contributed by atoms with E-state index in [0.29, 0.717) is 11.9 Å². The lowest BCUT2D eigenvalue weighted by Gasteiger charge is -2.31. The molecule has 1 aliphatic rings. The molecule has 3 atom stereocenters. The van der Waals surface area contributed by atoms with Gasteiger partial charge in [-0.15, -0.1) is 0 Å². The van der Waals surface area contributed by atoms with Crippen LogP contribution in [0.25, 0.3) is 10.8 Å². The van der Waals surface area contributed by atoms with Crippen LogP contribution in [0.15, 0.2) is 59.5 Å². The molecular weight excluding hydrogens is 524 g/mol. The van der Waals surface area contributed by atoms with E-state index in [2.05, 4.69) is 20.7 Å². The molecule has 0 spiro atoms. The predicted molar refractivity (Wildman–Crippen MR) is 147 cm³/mol. The summed E-state index contributed by atoms with van der Waals surface area (Å²) in [5.74, 6) is -2.73. The van der Waals surface area contributed by atoms with E-state index >= 15 is 0 Å². The highest BCUT2D eigenvalue weighted by molar-refractivity contribution is 7.89. The summed E-state index contributed by atoms with van der Waals surface area (Å²) < 4.78 is 28.8. The van der Waals surface area contributed by atoms with Crippen molar-refractivity contribution in [1.82, 2.24) is 20.7 Å². The molecule has 1 amide bonds. The summed E-state index contributed by atoms with van der Waals surface area (Å²) in [5.41, 5.74) is 5.75. The third-order valence-electron chi connectivity index (χ3n) is 6.34. The molecule has 0 saturated carbocycles. The molecule has 1 unspecified atom stereocenters. The summed E-state index contributed by atoms with van der Waals surface area (Å²) in [6.45, 7) is 1.13. The van der Waals surface area contributed by atoms with Gasteiger partial charge in [-0.1, -0.05) is 36.4 Å². The highest BCUT2D eigenvalue weighted by atomic mass is 32.2. The summed E-state index contributed by atoms with van der Waals surface area (Å²) in [4.78, 5) is 36.6. The normalized spacial score (nSPS) is 17.5. The van der Waals surface area contributed by atoms with Gasteiger partial charge in [-0.3, -0.25) is 19.8 Å². The number of ketones is 1. The van der Waals surface area contributed by atoms with Gasteiger partial charge in [-0.05, 0) is 54.3 Å². The number of sulfonamides is 1. The summed E-state index contributed by atoms with van der Waals surface area (Å²) in [5, 5.41) is 26.7. The molecule has 210 valence electrons. The average molecular weight is 559 g/mol. The first-order valence-corrected chi connectivity index (χ1v) is 14.0. The highest BCUT2D eigenvalue weighted by Gasteiger charge is 2.31. The first kappa shape index (κ1) is 29.9. The lowest BCUT2D eigenvalue weighted by molar-refractivity contribution is -0.135. The number of rotatable bonds is 14. The van der Waals surface area contributed by atoms with Gasteiger partial charge < -0.3 is 26.8 Å². The third kappa shape index (κ3) is 8.96. The Bertz CT molecular complexity index is 1340. The Morgan fingerprint density at radius 1 is 1.18 bits per heavy atom. The fourth-order valence-electron chi connectivity index (χ4n) is 4.37. The van der Waals surface area contributed by atoms with Crippen molar-refractivity contribution >= 4 is 44.3 Å². The molecule has 2 aromatic rings. The van der Waals surface area contributed by atoms with Crippen molar-refractivity contribution in [2.24, 2.45) is 11.7 Å². The van der Waals surface area contributed by atoms with Gasteiger partial charge in [0.2, 0.25) is 15.9 Å². The van der Waals surface area contributed by atoms with Crippen molar-refractivity contribution in [2.45, 2.75) is 36.2 Å². The summed E-state index contributed by atoms with van der Waals surface area (Å²) in [7, 11) is -4.21. The van der Waals surface area contributed by atoms with Crippen molar-refractivity contribution in [2.75, 3.05) is 26.2 Å². The standard InChI is InChI=1S/C26H34N6O6S/c27-26(28)25(19-7-3-11-29-15-19)31-23(34)14-21(22(33)8-4-12-30-16-24(35)36)32-39(37,38)20-10-9-17-5-1-2-6-18(17)13-20/h1-2,4-6,8-10,13,19,21,25,29-30,32H,3,7,11-12,14-16H2,(H3,27,28)(H,31,34)(H,35,36)/t19?,21-,25-/m0/s1. The molecule has 1 aliphatic heterocycles. The number of fused-ring (bicyclic) bond motifs is 1. The van der Waals surface area contributed by atoms with Gasteiger partial charge in [0.05, 0.1) is 29.9 Å². The van der Waals surface area contributed by atoms with Crippen molar-refractivity contribution < 1.29 is 27.9 Å². The Labute approximate surface area is 227 Å². The molecular formula is C26H34N6O6S. The molecule has 1 heterocycles. The van der Waals surface area contributed by atoms with Crippen LogP contribution in [0.3, 0.4) is 0 Å². The molecule has 3 rings (SSSR count). The molecule has 39 heavy (non-hydrogen) atoms. The molecule has 0 bridgehead atoms. The Hall–Kier alpha value is -3.65. The number of nitrogens with one attached hydrogen (secondary N) is 5. The second-order valence-electron chi connectivity index (χ2n) is 9.32. The monoisotopic (exact) mass is 558 g/mol. The SMILES string of the molecule is N=C(N)[C@@H](NC(=O)C[C@H](NS(=O)(=O)c1ccc2ccccc2c1)C(=O)C=CCNCC(=O)O)C1CCCNC1. The van der Waals surface area contributed by atoms with E-state index < -0.39 is 46.2 Å². The molecule has 0 radical (unpaired) electrons. The van der Waals surface area contributed by atoms with Crippen LogP contribution in [-0.4, -0.2) is 75.3 Å². The van der Waals surface area contributed by atoms with Gasteiger partial charge in [-0.25, -0.2) is 8.42 Å². The van der Waals surface area contributed by atoms with E-state index in [0.717, 1.165) is 30.8 Å².